The SMILES string of the molecule is CC(=O)c1cnnnc1C(C)=O. The van der Waals surface area contributed by atoms with Crippen molar-refractivity contribution in [2.45, 2.75) is 13.8 Å². The highest BCUT2D eigenvalue weighted by Gasteiger charge is 2.12. The second kappa shape index (κ2) is 3.17. The number of hydrogen-bond donors (Lipinski definition) is 0. The van der Waals surface area contributed by atoms with Crippen molar-refractivity contribution in [3.05, 3.63) is 17.5 Å². The van der Waals surface area contributed by atoms with E-state index in [1.807, 2.05) is 0 Å². The monoisotopic (exact) mass is 165 g/mol. The normalized spacial score (nSPS) is 9.50. The number of Topliss-reactive ketones (excluding diaryl/α,β-unsaturated/α-hetero) is 2. The molecule has 0 fully saturated rings. The Kier molecular flexibility index (Phi) is 2.23. The molecule has 0 aliphatic rings. The van der Waals surface area contributed by atoms with Crippen molar-refractivity contribution in [1.29, 1.82) is 0 Å². The molecular weight excluding hydrogens is 158 g/mol. The Bertz CT molecular complexity index is 302. The van der Waals surface area contributed by atoms with Crippen LogP contribution in [0.2, 0.25) is 0 Å². The molecular formula is C7H7N3O2. The van der Waals surface area contributed by atoms with Gasteiger partial charge in [0.25, 0.3) is 0 Å². The number of carbonyl (C=O) groups excluding carboxylic acids is 2. The largest absolute Gasteiger partial charge is 0.294 e. The van der Waals surface area contributed by atoms with Crippen molar-refractivity contribution in [1.82, 2.24) is 15.4 Å². The van der Waals surface area contributed by atoms with E-state index in [9.17, 15) is 9.59 Å². The van der Waals surface area contributed by atoms with Gasteiger partial charge in [-0.3, -0.25) is 9.59 Å². The van der Waals surface area contributed by atoms with Crippen LogP contribution >= 0.6 is 0 Å². The molecule has 5 heteroatoms. The Morgan fingerprint density at radius 1 is 1.25 bits per heavy atom. The van der Waals surface area contributed by atoms with Crippen LogP contribution in [-0.4, -0.2) is 27.0 Å². The molecule has 0 aliphatic carbocycles. The van der Waals surface area contributed by atoms with Crippen LogP contribution in [0.4, 0.5) is 0 Å². The van der Waals surface area contributed by atoms with Crippen molar-refractivity contribution in [3.8, 4) is 0 Å². The van der Waals surface area contributed by atoms with Gasteiger partial charge in [-0.15, -0.1) is 10.2 Å². The third kappa shape index (κ3) is 1.50. The molecule has 1 aromatic heterocycles. The van der Waals surface area contributed by atoms with Gasteiger partial charge >= 0.3 is 0 Å². The summed E-state index contributed by atoms with van der Waals surface area (Å²) >= 11 is 0. The van der Waals surface area contributed by atoms with E-state index in [1.165, 1.54) is 20.0 Å². The van der Waals surface area contributed by atoms with E-state index in [0.717, 1.165) is 0 Å². The second-order valence-electron chi connectivity index (χ2n) is 2.31. The van der Waals surface area contributed by atoms with Gasteiger partial charge in [-0.2, -0.15) is 0 Å². The summed E-state index contributed by atoms with van der Waals surface area (Å²) in [4.78, 5) is 21.8. The number of carbonyl (C=O) groups is 2. The highest BCUT2D eigenvalue weighted by atomic mass is 16.1. The van der Waals surface area contributed by atoms with E-state index in [1.54, 1.807) is 0 Å². The van der Waals surface area contributed by atoms with Crippen molar-refractivity contribution in [2.24, 2.45) is 0 Å². The lowest BCUT2D eigenvalue weighted by Gasteiger charge is -1.97. The Hall–Kier alpha value is -1.65. The van der Waals surface area contributed by atoms with Crippen molar-refractivity contribution < 1.29 is 9.59 Å². The Balaban J connectivity index is 3.27. The molecule has 0 atom stereocenters. The summed E-state index contributed by atoms with van der Waals surface area (Å²) in [6.45, 7) is 2.68. The van der Waals surface area contributed by atoms with Gasteiger partial charge < -0.3 is 0 Å². The van der Waals surface area contributed by atoms with E-state index < -0.39 is 0 Å². The quantitative estimate of drug-likeness (QED) is 0.588. The summed E-state index contributed by atoms with van der Waals surface area (Å²) < 4.78 is 0. The third-order valence-corrected chi connectivity index (χ3v) is 1.35. The summed E-state index contributed by atoms with van der Waals surface area (Å²) in [6.07, 6.45) is 1.24. The first-order valence-corrected chi connectivity index (χ1v) is 3.33. The summed E-state index contributed by atoms with van der Waals surface area (Å²) in [6, 6.07) is 0. The number of ketones is 2. The van der Waals surface area contributed by atoms with Crippen LogP contribution in [0.25, 0.3) is 0 Å². The van der Waals surface area contributed by atoms with E-state index in [4.69, 9.17) is 0 Å². The van der Waals surface area contributed by atoms with E-state index in [-0.39, 0.29) is 22.8 Å². The molecule has 62 valence electrons. The Labute approximate surface area is 68.8 Å². The average Bonchev–Trinajstić information content (AvgIpc) is 2.04. The molecule has 5 nitrogen and oxygen atoms in total. The van der Waals surface area contributed by atoms with Gasteiger partial charge in [-0.1, -0.05) is 0 Å². The smallest absolute Gasteiger partial charge is 0.180 e. The maximum Gasteiger partial charge on any atom is 0.180 e. The molecule has 0 spiro atoms. The first-order valence-electron chi connectivity index (χ1n) is 3.33. The van der Waals surface area contributed by atoms with Crippen LogP contribution in [0, 0.1) is 0 Å². The summed E-state index contributed by atoms with van der Waals surface area (Å²) in [5.74, 6) is -0.516. The molecule has 0 aromatic carbocycles. The average molecular weight is 165 g/mol. The van der Waals surface area contributed by atoms with E-state index in [2.05, 4.69) is 15.4 Å². The maximum atomic E-state index is 10.9. The van der Waals surface area contributed by atoms with Crippen LogP contribution in [0.5, 0.6) is 0 Å². The molecule has 1 rings (SSSR count). The van der Waals surface area contributed by atoms with Crippen LogP contribution in [0.15, 0.2) is 6.20 Å². The van der Waals surface area contributed by atoms with Gasteiger partial charge in [0.1, 0.15) is 5.69 Å². The van der Waals surface area contributed by atoms with Gasteiger partial charge in [0.05, 0.1) is 11.8 Å². The lowest BCUT2D eigenvalue weighted by molar-refractivity contribution is 0.0975. The molecule has 0 N–H and O–H groups in total. The van der Waals surface area contributed by atoms with E-state index >= 15 is 0 Å². The minimum absolute atomic E-state index is 0.0810. The fourth-order valence-corrected chi connectivity index (χ4v) is 0.787. The van der Waals surface area contributed by atoms with Gasteiger partial charge in [0.2, 0.25) is 0 Å². The molecule has 0 aliphatic heterocycles. The molecule has 0 unspecified atom stereocenters. The predicted molar refractivity (Wildman–Crippen MR) is 39.8 cm³/mol. The Morgan fingerprint density at radius 3 is 2.33 bits per heavy atom. The van der Waals surface area contributed by atoms with Crippen LogP contribution in [0.3, 0.4) is 0 Å². The van der Waals surface area contributed by atoms with Gasteiger partial charge in [0, 0.05) is 6.92 Å². The standard InChI is InChI=1S/C7H7N3O2/c1-4(11)6-3-8-10-9-7(6)5(2)12/h3H,1-2H3. The summed E-state index contributed by atoms with van der Waals surface area (Å²) in [7, 11) is 0. The summed E-state index contributed by atoms with van der Waals surface area (Å²) in [5.41, 5.74) is 0.301. The maximum absolute atomic E-state index is 10.9. The predicted octanol–water partition coefficient (Wildman–Crippen LogP) is 0.277. The van der Waals surface area contributed by atoms with Crippen molar-refractivity contribution >= 4 is 11.6 Å². The minimum Gasteiger partial charge on any atom is -0.294 e. The zero-order chi connectivity index (χ0) is 9.14. The van der Waals surface area contributed by atoms with E-state index in [0.29, 0.717) is 0 Å². The fourth-order valence-electron chi connectivity index (χ4n) is 0.787. The second-order valence-corrected chi connectivity index (χ2v) is 2.31. The van der Waals surface area contributed by atoms with Crippen molar-refractivity contribution in [2.75, 3.05) is 0 Å². The highest BCUT2D eigenvalue weighted by Crippen LogP contribution is 2.03. The van der Waals surface area contributed by atoms with Gasteiger partial charge in [0.15, 0.2) is 11.6 Å². The molecule has 1 heterocycles. The summed E-state index contributed by atoms with van der Waals surface area (Å²) in [5, 5.41) is 10.2. The lowest BCUT2D eigenvalue weighted by Crippen LogP contribution is -2.09. The van der Waals surface area contributed by atoms with Gasteiger partial charge in [-0.05, 0) is 12.1 Å². The minimum atomic E-state index is -0.282. The zero-order valence-corrected chi connectivity index (χ0v) is 6.74. The fraction of sp³-hybridized carbons (Fsp3) is 0.286. The molecule has 0 bridgehead atoms. The van der Waals surface area contributed by atoms with Gasteiger partial charge in [-0.25, -0.2) is 0 Å². The van der Waals surface area contributed by atoms with Crippen LogP contribution in [0.1, 0.15) is 34.7 Å². The number of rotatable bonds is 2. The molecule has 0 amide bonds. The number of hydrogen-bond acceptors (Lipinski definition) is 5. The third-order valence-electron chi connectivity index (χ3n) is 1.35. The lowest BCUT2D eigenvalue weighted by atomic mass is 10.1. The molecule has 12 heavy (non-hydrogen) atoms. The molecule has 0 saturated heterocycles. The topological polar surface area (TPSA) is 72.8 Å². The highest BCUT2D eigenvalue weighted by molar-refractivity contribution is 6.05. The molecule has 1 aromatic rings. The first kappa shape index (κ1) is 8.45. The Morgan fingerprint density at radius 2 is 1.92 bits per heavy atom. The molecule has 0 radical (unpaired) electrons. The zero-order valence-electron chi connectivity index (χ0n) is 6.74. The first-order chi connectivity index (χ1) is 5.63. The van der Waals surface area contributed by atoms with Crippen LogP contribution < -0.4 is 0 Å². The number of nitrogens with zero attached hydrogens (tertiary/aromatic N) is 3. The van der Waals surface area contributed by atoms with Crippen LogP contribution in [-0.2, 0) is 0 Å². The number of aromatic nitrogens is 3. The van der Waals surface area contributed by atoms with Crippen molar-refractivity contribution in [3.63, 3.8) is 0 Å². The molecule has 0 saturated carbocycles.